The number of pyridine rings is 2. The molecule has 0 saturated heterocycles. The standard InChI is InChI=1S/C53H32N6O2/c54-31-43-52-41(44-32-55-50(29-48(44)60-52)57(34-15-5-1-6-16-34)35-17-7-2-8-18-35)28-42-45-33-56-51(30-49(45)61-53(42)43)58(36-19-9-3-10-20-36)38-25-26-40-39-23-13-14-24-46(39)59(47(40)27-38)37-21-11-4-12-22-37/h1-30,32-33H. The number of aromatic nitrogens is 3. The Balaban J connectivity index is 1.01. The largest absolute Gasteiger partial charge is 0.454 e. The average molecular weight is 785 g/mol. The first-order chi connectivity index (χ1) is 30.2. The molecule has 0 aliphatic rings. The predicted molar refractivity (Wildman–Crippen MR) is 245 cm³/mol. The lowest BCUT2D eigenvalue weighted by atomic mass is 10.1. The van der Waals surface area contributed by atoms with Gasteiger partial charge in [0.2, 0.25) is 0 Å². The smallest absolute Gasteiger partial charge is 0.157 e. The fraction of sp³-hybridized carbons (Fsp3) is 0. The van der Waals surface area contributed by atoms with Crippen molar-refractivity contribution in [2.75, 3.05) is 9.80 Å². The van der Waals surface area contributed by atoms with E-state index in [1.807, 2.05) is 116 Å². The van der Waals surface area contributed by atoms with Crippen LogP contribution in [0.25, 0.3) is 71.4 Å². The van der Waals surface area contributed by atoms with E-state index >= 15 is 0 Å². The summed E-state index contributed by atoms with van der Waals surface area (Å²) in [7, 11) is 0. The van der Waals surface area contributed by atoms with E-state index in [0.29, 0.717) is 39.5 Å². The SMILES string of the molecule is N#Cc1c2oc3cc(N(c4ccccc4)c4ccccc4)ncc3c2cc2c1oc1cc(N(c3ccccc3)c3ccc4c5ccccc5n(-c5ccccc5)c4c3)ncc12. The maximum Gasteiger partial charge on any atom is 0.157 e. The van der Waals surface area contributed by atoms with Crippen LogP contribution in [0.1, 0.15) is 5.56 Å². The molecule has 8 heteroatoms. The fourth-order valence-electron chi connectivity index (χ4n) is 8.76. The molecule has 0 unspecified atom stereocenters. The van der Waals surface area contributed by atoms with E-state index in [1.54, 1.807) is 0 Å². The van der Waals surface area contributed by atoms with E-state index in [2.05, 4.69) is 99.3 Å². The monoisotopic (exact) mass is 784 g/mol. The number of fused-ring (bicyclic) bond motifs is 9. The van der Waals surface area contributed by atoms with Crippen LogP contribution in [0, 0.1) is 11.3 Å². The molecule has 12 aromatic rings. The molecule has 5 heterocycles. The Labute approximate surface area is 349 Å². The molecule has 0 aliphatic heterocycles. The van der Waals surface area contributed by atoms with Gasteiger partial charge in [-0.25, -0.2) is 9.97 Å². The fourth-order valence-corrected chi connectivity index (χ4v) is 8.76. The molecular weight excluding hydrogens is 753 g/mol. The molecule has 0 atom stereocenters. The topological polar surface area (TPSA) is 87.3 Å². The van der Waals surface area contributed by atoms with Crippen molar-refractivity contribution in [1.82, 2.24) is 14.5 Å². The molecule has 0 amide bonds. The van der Waals surface area contributed by atoms with Crippen molar-refractivity contribution in [2.45, 2.75) is 0 Å². The van der Waals surface area contributed by atoms with Crippen molar-refractivity contribution in [1.29, 1.82) is 5.26 Å². The number of furan rings is 2. The molecule has 0 aliphatic carbocycles. The van der Waals surface area contributed by atoms with Crippen molar-refractivity contribution >= 4 is 100 Å². The second-order valence-electron chi connectivity index (χ2n) is 15.0. The summed E-state index contributed by atoms with van der Waals surface area (Å²) in [6.45, 7) is 0. The van der Waals surface area contributed by atoms with E-state index in [-0.39, 0.29) is 0 Å². The Kier molecular flexibility index (Phi) is 7.74. The zero-order valence-electron chi connectivity index (χ0n) is 32.5. The molecule has 0 spiro atoms. The van der Waals surface area contributed by atoms with Gasteiger partial charge in [0.25, 0.3) is 0 Å². The van der Waals surface area contributed by atoms with Gasteiger partial charge >= 0.3 is 0 Å². The van der Waals surface area contributed by atoms with Gasteiger partial charge in [-0.1, -0.05) is 97.1 Å². The highest BCUT2D eigenvalue weighted by molar-refractivity contribution is 6.18. The van der Waals surface area contributed by atoms with Gasteiger partial charge in [-0.3, -0.25) is 9.80 Å². The normalized spacial score (nSPS) is 11.6. The molecule has 0 saturated carbocycles. The summed E-state index contributed by atoms with van der Waals surface area (Å²) in [5.41, 5.74) is 9.57. The minimum absolute atomic E-state index is 0.324. The van der Waals surface area contributed by atoms with Crippen LogP contribution in [0.5, 0.6) is 0 Å². The Bertz CT molecular complexity index is 3630. The van der Waals surface area contributed by atoms with Crippen molar-refractivity contribution in [3.8, 4) is 11.8 Å². The van der Waals surface area contributed by atoms with Crippen molar-refractivity contribution in [3.63, 3.8) is 0 Å². The minimum atomic E-state index is 0.324. The molecule has 286 valence electrons. The summed E-state index contributed by atoms with van der Waals surface area (Å²) in [4.78, 5) is 14.3. The van der Waals surface area contributed by atoms with Crippen LogP contribution in [-0.4, -0.2) is 14.5 Å². The molecule has 8 nitrogen and oxygen atoms in total. The number of rotatable bonds is 7. The molecule has 5 aromatic heterocycles. The predicted octanol–water partition coefficient (Wildman–Crippen LogP) is 14.2. The van der Waals surface area contributed by atoms with Crippen LogP contribution in [-0.2, 0) is 0 Å². The van der Waals surface area contributed by atoms with Crippen molar-refractivity contribution in [2.24, 2.45) is 0 Å². The number of nitrogens with zero attached hydrogens (tertiary/aromatic N) is 6. The zero-order valence-corrected chi connectivity index (χ0v) is 32.5. The van der Waals surface area contributed by atoms with Gasteiger partial charge in [-0.2, -0.15) is 5.26 Å². The quantitative estimate of drug-likeness (QED) is 0.159. The first-order valence-electron chi connectivity index (χ1n) is 20.0. The van der Waals surface area contributed by atoms with Gasteiger partial charge in [0.15, 0.2) is 11.2 Å². The third kappa shape index (κ3) is 5.45. The summed E-state index contributed by atoms with van der Waals surface area (Å²) >= 11 is 0. The number of hydrogen-bond donors (Lipinski definition) is 0. The molecule has 0 fully saturated rings. The van der Waals surface area contributed by atoms with Gasteiger partial charge in [0.05, 0.1) is 11.0 Å². The van der Waals surface area contributed by atoms with Crippen molar-refractivity contribution < 1.29 is 8.83 Å². The lowest BCUT2D eigenvalue weighted by molar-refractivity contribution is 0.653. The third-order valence-corrected chi connectivity index (χ3v) is 11.5. The van der Waals surface area contributed by atoms with Gasteiger partial charge < -0.3 is 13.4 Å². The molecule has 0 radical (unpaired) electrons. The van der Waals surface area contributed by atoms with Crippen LogP contribution >= 0.6 is 0 Å². The number of nitriles is 1. The van der Waals surface area contributed by atoms with Gasteiger partial charge in [0.1, 0.15) is 34.4 Å². The van der Waals surface area contributed by atoms with Crippen LogP contribution in [0.15, 0.2) is 203 Å². The Morgan fingerprint density at radius 3 is 1.44 bits per heavy atom. The molecule has 0 bridgehead atoms. The average Bonchev–Trinajstić information content (AvgIpc) is 3.98. The first-order valence-corrected chi connectivity index (χ1v) is 20.0. The first kappa shape index (κ1) is 34.4. The van der Waals surface area contributed by atoms with E-state index in [0.717, 1.165) is 66.4 Å². The van der Waals surface area contributed by atoms with E-state index in [1.165, 1.54) is 5.39 Å². The second-order valence-corrected chi connectivity index (χ2v) is 15.0. The lowest BCUT2D eigenvalue weighted by Crippen LogP contribution is -2.11. The highest BCUT2D eigenvalue weighted by Crippen LogP contribution is 2.44. The van der Waals surface area contributed by atoms with E-state index in [9.17, 15) is 5.26 Å². The summed E-state index contributed by atoms with van der Waals surface area (Å²) in [5.74, 6) is 1.36. The lowest BCUT2D eigenvalue weighted by Gasteiger charge is -2.24. The van der Waals surface area contributed by atoms with Crippen LogP contribution < -0.4 is 9.80 Å². The molecule has 7 aromatic carbocycles. The van der Waals surface area contributed by atoms with Gasteiger partial charge in [0, 0.05) is 85.3 Å². The van der Waals surface area contributed by atoms with E-state index in [4.69, 9.17) is 18.8 Å². The van der Waals surface area contributed by atoms with Crippen LogP contribution in [0.4, 0.5) is 34.4 Å². The van der Waals surface area contributed by atoms with Crippen molar-refractivity contribution in [3.05, 3.63) is 200 Å². The number of para-hydroxylation sites is 5. The Hall–Kier alpha value is -8.67. The molecule has 61 heavy (non-hydrogen) atoms. The van der Waals surface area contributed by atoms with Gasteiger partial charge in [-0.15, -0.1) is 0 Å². The third-order valence-electron chi connectivity index (χ3n) is 11.5. The number of hydrogen-bond acceptors (Lipinski definition) is 7. The second kappa shape index (κ2) is 13.7. The highest BCUT2D eigenvalue weighted by atomic mass is 16.3. The Morgan fingerprint density at radius 1 is 0.426 bits per heavy atom. The summed E-state index contributed by atoms with van der Waals surface area (Å²) in [6, 6.07) is 64.3. The van der Waals surface area contributed by atoms with Gasteiger partial charge in [-0.05, 0) is 72.8 Å². The maximum atomic E-state index is 10.7. The molecule has 0 N–H and O–H groups in total. The summed E-state index contributed by atoms with van der Waals surface area (Å²) in [6.07, 6.45) is 3.67. The minimum Gasteiger partial charge on any atom is -0.454 e. The maximum absolute atomic E-state index is 10.7. The summed E-state index contributed by atoms with van der Waals surface area (Å²) < 4.78 is 15.5. The molecular formula is C53H32N6O2. The van der Waals surface area contributed by atoms with Crippen LogP contribution in [0.3, 0.4) is 0 Å². The summed E-state index contributed by atoms with van der Waals surface area (Å²) in [5, 5.41) is 16.2. The number of anilines is 6. The Morgan fingerprint density at radius 2 is 0.902 bits per heavy atom. The van der Waals surface area contributed by atoms with Crippen LogP contribution in [0.2, 0.25) is 0 Å². The number of benzene rings is 7. The van der Waals surface area contributed by atoms with E-state index < -0.39 is 0 Å². The molecule has 12 rings (SSSR count). The highest BCUT2D eigenvalue weighted by Gasteiger charge is 2.24. The zero-order chi connectivity index (χ0) is 40.4.